The van der Waals surface area contributed by atoms with Gasteiger partial charge in [0.25, 0.3) is 0 Å². The fourth-order valence-electron chi connectivity index (χ4n) is 2.56. The van der Waals surface area contributed by atoms with Crippen LogP contribution in [-0.4, -0.2) is 35.8 Å². The molecule has 4 heteroatoms. The maximum absolute atomic E-state index is 9.28. The van der Waals surface area contributed by atoms with Gasteiger partial charge in [-0.15, -0.1) is 0 Å². The Bertz CT molecular complexity index is 392. The molecule has 3 N–H and O–H groups in total. The molecule has 20 heavy (non-hydrogen) atoms. The lowest BCUT2D eigenvalue weighted by atomic mass is 10.1. The molecule has 0 atom stereocenters. The minimum absolute atomic E-state index is 0.169. The van der Waals surface area contributed by atoms with E-state index in [-0.39, 0.29) is 6.61 Å². The van der Waals surface area contributed by atoms with Crippen LogP contribution in [0.2, 0.25) is 0 Å². The fraction of sp³-hybridized carbons (Fsp3) is 0.625. The van der Waals surface area contributed by atoms with Crippen molar-refractivity contribution in [1.29, 1.82) is 0 Å². The summed E-state index contributed by atoms with van der Waals surface area (Å²) in [6, 6.07) is 6.23. The molecule has 1 aromatic carbocycles. The van der Waals surface area contributed by atoms with E-state index in [1.54, 1.807) is 0 Å². The van der Waals surface area contributed by atoms with E-state index in [2.05, 4.69) is 18.7 Å². The van der Waals surface area contributed by atoms with Crippen molar-refractivity contribution in [3.63, 3.8) is 0 Å². The molecule has 0 saturated carbocycles. The molecule has 0 spiro atoms. The molecule has 0 aliphatic rings. The molecule has 0 amide bonds. The van der Waals surface area contributed by atoms with E-state index in [0.717, 1.165) is 36.4 Å². The van der Waals surface area contributed by atoms with E-state index in [4.69, 9.17) is 10.5 Å². The van der Waals surface area contributed by atoms with Gasteiger partial charge in [-0.2, -0.15) is 0 Å². The molecule has 0 bridgehead atoms. The SMILES string of the molecule is CCOc1ccc(N)cc1CN(CCO)C(CC)CC. The van der Waals surface area contributed by atoms with Gasteiger partial charge in [-0.3, -0.25) is 4.90 Å². The number of hydrogen-bond donors (Lipinski definition) is 2. The molecule has 0 heterocycles. The van der Waals surface area contributed by atoms with Crippen molar-refractivity contribution in [2.45, 2.75) is 46.2 Å². The number of ether oxygens (including phenoxy) is 1. The van der Waals surface area contributed by atoms with Gasteiger partial charge >= 0.3 is 0 Å². The number of hydrogen-bond acceptors (Lipinski definition) is 4. The van der Waals surface area contributed by atoms with Crippen LogP contribution < -0.4 is 10.5 Å². The molecular formula is C16H28N2O2. The van der Waals surface area contributed by atoms with Gasteiger partial charge < -0.3 is 15.6 Å². The number of benzene rings is 1. The van der Waals surface area contributed by atoms with Crippen LogP contribution in [0.25, 0.3) is 0 Å². The highest BCUT2D eigenvalue weighted by Crippen LogP contribution is 2.24. The molecule has 0 saturated heterocycles. The minimum atomic E-state index is 0.169. The van der Waals surface area contributed by atoms with Gasteiger partial charge in [0.05, 0.1) is 13.2 Å². The maximum Gasteiger partial charge on any atom is 0.123 e. The quantitative estimate of drug-likeness (QED) is 0.683. The predicted octanol–water partition coefficient (Wildman–Crippen LogP) is 2.65. The summed E-state index contributed by atoms with van der Waals surface area (Å²) in [5, 5.41) is 9.28. The van der Waals surface area contributed by atoms with Gasteiger partial charge in [0.15, 0.2) is 0 Å². The van der Waals surface area contributed by atoms with Gasteiger partial charge in [0.2, 0.25) is 0 Å². The fourth-order valence-corrected chi connectivity index (χ4v) is 2.56. The van der Waals surface area contributed by atoms with Crippen LogP contribution in [0.1, 0.15) is 39.2 Å². The van der Waals surface area contributed by atoms with Crippen molar-refractivity contribution in [1.82, 2.24) is 4.90 Å². The topological polar surface area (TPSA) is 58.7 Å². The monoisotopic (exact) mass is 280 g/mol. The molecule has 4 nitrogen and oxygen atoms in total. The molecule has 114 valence electrons. The summed E-state index contributed by atoms with van der Waals surface area (Å²) in [6.45, 7) is 8.58. The lowest BCUT2D eigenvalue weighted by Gasteiger charge is -2.30. The summed E-state index contributed by atoms with van der Waals surface area (Å²) in [5.74, 6) is 0.885. The van der Waals surface area contributed by atoms with E-state index < -0.39 is 0 Å². The van der Waals surface area contributed by atoms with Crippen LogP contribution in [0, 0.1) is 0 Å². The largest absolute Gasteiger partial charge is 0.494 e. The molecular weight excluding hydrogens is 252 g/mol. The van der Waals surface area contributed by atoms with Crippen molar-refractivity contribution in [2.75, 3.05) is 25.5 Å². The van der Waals surface area contributed by atoms with E-state index in [0.29, 0.717) is 19.2 Å². The lowest BCUT2D eigenvalue weighted by Crippen LogP contribution is -2.36. The number of aliphatic hydroxyl groups excluding tert-OH is 1. The lowest BCUT2D eigenvalue weighted by molar-refractivity contribution is 0.135. The third-order valence-electron chi connectivity index (χ3n) is 3.60. The van der Waals surface area contributed by atoms with Crippen LogP contribution in [0.5, 0.6) is 5.75 Å². The Morgan fingerprint density at radius 1 is 1.25 bits per heavy atom. The molecule has 1 rings (SSSR count). The van der Waals surface area contributed by atoms with E-state index in [1.807, 2.05) is 25.1 Å². The molecule has 0 aromatic heterocycles. The average Bonchev–Trinajstić information content (AvgIpc) is 2.43. The second-order valence-electron chi connectivity index (χ2n) is 4.96. The molecule has 0 aliphatic carbocycles. The average molecular weight is 280 g/mol. The first-order valence-corrected chi connectivity index (χ1v) is 7.52. The zero-order valence-corrected chi connectivity index (χ0v) is 12.9. The van der Waals surface area contributed by atoms with Crippen LogP contribution in [0.4, 0.5) is 5.69 Å². The van der Waals surface area contributed by atoms with Gasteiger partial charge in [-0.1, -0.05) is 13.8 Å². The van der Waals surface area contributed by atoms with Gasteiger partial charge in [0, 0.05) is 30.4 Å². The first kappa shape index (κ1) is 16.8. The Morgan fingerprint density at radius 3 is 2.50 bits per heavy atom. The summed E-state index contributed by atoms with van der Waals surface area (Å²) in [6.07, 6.45) is 2.14. The van der Waals surface area contributed by atoms with Crippen molar-refractivity contribution in [3.05, 3.63) is 23.8 Å². The highest BCUT2D eigenvalue weighted by molar-refractivity contribution is 5.47. The molecule has 0 fully saturated rings. The van der Waals surface area contributed by atoms with Gasteiger partial charge in [-0.05, 0) is 38.0 Å². The van der Waals surface area contributed by atoms with Crippen LogP contribution in [-0.2, 0) is 6.54 Å². The first-order chi connectivity index (χ1) is 9.65. The molecule has 0 unspecified atom stereocenters. The van der Waals surface area contributed by atoms with Crippen LogP contribution in [0.3, 0.4) is 0 Å². The first-order valence-electron chi connectivity index (χ1n) is 7.52. The maximum atomic E-state index is 9.28. The normalized spacial score (nSPS) is 11.3. The van der Waals surface area contributed by atoms with Crippen LogP contribution in [0.15, 0.2) is 18.2 Å². The Morgan fingerprint density at radius 2 is 1.95 bits per heavy atom. The van der Waals surface area contributed by atoms with E-state index in [1.165, 1.54) is 0 Å². The highest BCUT2D eigenvalue weighted by atomic mass is 16.5. The number of nitrogen functional groups attached to an aromatic ring is 1. The summed E-state index contributed by atoms with van der Waals surface area (Å²) in [5.41, 5.74) is 7.73. The number of nitrogens with zero attached hydrogens (tertiary/aromatic N) is 1. The Hall–Kier alpha value is -1.26. The van der Waals surface area contributed by atoms with Gasteiger partial charge in [0.1, 0.15) is 5.75 Å². The number of aliphatic hydroxyl groups is 1. The standard InChI is InChI=1S/C16H28N2O2/c1-4-15(5-2)18(9-10-19)12-13-11-14(17)7-8-16(13)20-6-3/h7-8,11,15,19H,4-6,9-10,12,17H2,1-3H3. The molecule has 0 aliphatic heterocycles. The Balaban J connectivity index is 2.93. The minimum Gasteiger partial charge on any atom is -0.494 e. The Kier molecular flexibility index (Phi) is 7.41. The molecule has 1 aromatic rings. The zero-order valence-electron chi connectivity index (χ0n) is 12.9. The third kappa shape index (κ3) is 4.69. The number of anilines is 1. The van der Waals surface area contributed by atoms with E-state index in [9.17, 15) is 5.11 Å². The van der Waals surface area contributed by atoms with Crippen molar-refractivity contribution in [3.8, 4) is 5.75 Å². The molecule has 0 radical (unpaired) electrons. The number of nitrogens with two attached hydrogens (primary N) is 1. The van der Waals surface area contributed by atoms with Crippen molar-refractivity contribution >= 4 is 5.69 Å². The summed E-state index contributed by atoms with van der Waals surface area (Å²) in [7, 11) is 0. The number of rotatable bonds is 9. The summed E-state index contributed by atoms with van der Waals surface area (Å²) >= 11 is 0. The summed E-state index contributed by atoms with van der Waals surface area (Å²) in [4.78, 5) is 2.30. The van der Waals surface area contributed by atoms with E-state index >= 15 is 0 Å². The smallest absolute Gasteiger partial charge is 0.123 e. The predicted molar refractivity (Wildman–Crippen MR) is 83.9 cm³/mol. The van der Waals surface area contributed by atoms with Gasteiger partial charge in [-0.25, -0.2) is 0 Å². The second-order valence-corrected chi connectivity index (χ2v) is 4.96. The highest BCUT2D eigenvalue weighted by Gasteiger charge is 2.17. The van der Waals surface area contributed by atoms with Crippen molar-refractivity contribution in [2.24, 2.45) is 0 Å². The second kappa shape index (κ2) is 8.82. The van der Waals surface area contributed by atoms with Crippen LogP contribution >= 0.6 is 0 Å². The Labute approximate surface area is 122 Å². The van der Waals surface area contributed by atoms with Crippen molar-refractivity contribution < 1.29 is 9.84 Å². The third-order valence-corrected chi connectivity index (χ3v) is 3.60. The zero-order chi connectivity index (χ0) is 15.0. The summed E-state index contributed by atoms with van der Waals surface area (Å²) < 4.78 is 5.67.